The van der Waals surface area contributed by atoms with Crippen LogP contribution in [0, 0.1) is 5.92 Å². The standard InChI is InChI=1S/C10H18BrF2NO2/c1-7(5-11)8(2)14-10(15)3-4-16-6-9(12)13/h7-9H,3-6H2,1-2H3,(H,14,15). The second kappa shape index (κ2) is 8.87. The van der Waals surface area contributed by atoms with Crippen LogP contribution in [0.3, 0.4) is 0 Å². The Hall–Kier alpha value is -0.230. The highest BCUT2D eigenvalue weighted by atomic mass is 79.9. The van der Waals surface area contributed by atoms with E-state index in [9.17, 15) is 13.6 Å². The second-order valence-electron chi connectivity index (χ2n) is 3.70. The SMILES string of the molecule is CC(CBr)C(C)NC(=O)CCOCC(F)F. The third-order valence-corrected chi connectivity index (χ3v) is 3.22. The predicted molar refractivity (Wildman–Crippen MR) is 62.0 cm³/mol. The molecule has 1 N–H and O–H groups in total. The fourth-order valence-corrected chi connectivity index (χ4v) is 1.50. The maximum absolute atomic E-state index is 11.7. The zero-order valence-corrected chi connectivity index (χ0v) is 11.1. The summed E-state index contributed by atoms with van der Waals surface area (Å²) in [5, 5.41) is 3.58. The zero-order chi connectivity index (χ0) is 12.6. The van der Waals surface area contributed by atoms with Gasteiger partial charge in [-0.05, 0) is 12.8 Å². The summed E-state index contributed by atoms with van der Waals surface area (Å²) < 4.78 is 28.0. The third-order valence-electron chi connectivity index (χ3n) is 2.20. The molecule has 0 bridgehead atoms. The molecule has 0 heterocycles. The van der Waals surface area contributed by atoms with Gasteiger partial charge in [-0.1, -0.05) is 22.9 Å². The minimum absolute atomic E-state index is 0.0333. The molecule has 0 saturated carbocycles. The minimum Gasteiger partial charge on any atom is -0.375 e. The highest BCUT2D eigenvalue weighted by molar-refractivity contribution is 9.09. The molecule has 0 spiro atoms. The van der Waals surface area contributed by atoms with Crippen molar-refractivity contribution in [3.63, 3.8) is 0 Å². The van der Waals surface area contributed by atoms with Gasteiger partial charge in [0.2, 0.25) is 5.91 Å². The van der Waals surface area contributed by atoms with Crippen LogP contribution < -0.4 is 5.32 Å². The lowest BCUT2D eigenvalue weighted by atomic mass is 10.1. The van der Waals surface area contributed by atoms with E-state index < -0.39 is 13.0 Å². The molecule has 0 aromatic rings. The number of hydrogen-bond donors (Lipinski definition) is 1. The van der Waals surface area contributed by atoms with Crippen molar-refractivity contribution in [2.45, 2.75) is 32.7 Å². The Labute approximate surface area is 103 Å². The molecule has 0 rings (SSSR count). The van der Waals surface area contributed by atoms with Gasteiger partial charge in [-0.2, -0.15) is 0 Å². The highest BCUT2D eigenvalue weighted by Gasteiger charge is 2.13. The zero-order valence-electron chi connectivity index (χ0n) is 9.51. The summed E-state index contributed by atoms with van der Waals surface area (Å²) in [6.07, 6.45) is -2.36. The van der Waals surface area contributed by atoms with Crippen LogP contribution in [0.4, 0.5) is 8.78 Å². The maximum Gasteiger partial charge on any atom is 0.261 e. The first-order chi connectivity index (χ1) is 7.47. The quantitative estimate of drug-likeness (QED) is 0.551. The molecule has 96 valence electrons. The third kappa shape index (κ3) is 7.98. The van der Waals surface area contributed by atoms with Gasteiger partial charge in [-0.3, -0.25) is 4.79 Å². The van der Waals surface area contributed by atoms with Crippen molar-refractivity contribution in [3.05, 3.63) is 0 Å². The van der Waals surface area contributed by atoms with Gasteiger partial charge in [0.1, 0.15) is 6.61 Å². The number of nitrogens with one attached hydrogen (secondary N) is 1. The van der Waals surface area contributed by atoms with Gasteiger partial charge in [0.05, 0.1) is 6.61 Å². The molecule has 0 radical (unpaired) electrons. The number of rotatable bonds is 8. The van der Waals surface area contributed by atoms with Gasteiger partial charge in [0, 0.05) is 17.8 Å². The fraction of sp³-hybridized carbons (Fsp3) is 0.900. The van der Waals surface area contributed by atoms with Crippen LogP contribution in [0.5, 0.6) is 0 Å². The van der Waals surface area contributed by atoms with E-state index in [0.29, 0.717) is 5.92 Å². The van der Waals surface area contributed by atoms with Crippen LogP contribution >= 0.6 is 15.9 Å². The van der Waals surface area contributed by atoms with Crippen LogP contribution in [-0.2, 0) is 9.53 Å². The van der Waals surface area contributed by atoms with Gasteiger partial charge >= 0.3 is 0 Å². The molecule has 2 unspecified atom stereocenters. The van der Waals surface area contributed by atoms with Crippen molar-refractivity contribution in [3.8, 4) is 0 Å². The molecule has 0 aliphatic rings. The first-order valence-corrected chi connectivity index (χ1v) is 6.30. The van der Waals surface area contributed by atoms with E-state index >= 15 is 0 Å². The molecule has 0 aromatic heterocycles. The van der Waals surface area contributed by atoms with Gasteiger partial charge in [0.25, 0.3) is 6.43 Å². The largest absolute Gasteiger partial charge is 0.375 e. The molecule has 0 aromatic carbocycles. The first kappa shape index (κ1) is 15.8. The normalized spacial score (nSPS) is 14.9. The average Bonchev–Trinajstić information content (AvgIpc) is 2.22. The number of alkyl halides is 3. The van der Waals surface area contributed by atoms with E-state index in [1.807, 2.05) is 13.8 Å². The van der Waals surface area contributed by atoms with Crippen molar-refractivity contribution in [2.24, 2.45) is 5.92 Å². The van der Waals surface area contributed by atoms with Crippen LogP contribution in [-0.4, -0.2) is 36.9 Å². The Bertz CT molecular complexity index is 205. The Balaban J connectivity index is 3.58. The molecule has 1 amide bonds. The molecule has 0 saturated heterocycles. The molecule has 0 aliphatic carbocycles. The van der Waals surface area contributed by atoms with Crippen molar-refractivity contribution >= 4 is 21.8 Å². The van der Waals surface area contributed by atoms with Crippen LogP contribution in [0.25, 0.3) is 0 Å². The summed E-state index contributed by atoms with van der Waals surface area (Å²) in [4.78, 5) is 11.3. The topological polar surface area (TPSA) is 38.3 Å². The van der Waals surface area contributed by atoms with Crippen molar-refractivity contribution in [1.82, 2.24) is 5.32 Å². The molecule has 3 nitrogen and oxygen atoms in total. The Morgan fingerprint density at radius 1 is 1.44 bits per heavy atom. The van der Waals surface area contributed by atoms with Crippen molar-refractivity contribution in [2.75, 3.05) is 18.5 Å². The van der Waals surface area contributed by atoms with E-state index in [0.717, 1.165) is 5.33 Å². The van der Waals surface area contributed by atoms with Crippen LogP contribution in [0.2, 0.25) is 0 Å². The van der Waals surface area contributed by atoms with Crippen LogP contribution in [0.15, 0.2) is 0 Å². The monoisotopic (exact) mass is 301 g/mol. The number of carbonyl (C=O) groups is 1. The lowest BCUT2D eigenvalue weighted by Gasteiger charge is -2.19. The minimum atomic E-state index is -2.48. The number of carbonyl (C=O) groups excluding carboxylic acids is 1. The predicted octanol–water partition coefficient (Wildman–Crippen LogP) is 2.19. The number of halogens is 3. The molecular weight excluding hydrogens is 284 g/mol. The number of amides is 1. The summed E-state index contributed by atoms with van der Waals surface area (Å²) in [6, 6.07) is 0.0574. The van der Waals surface area contributed by atoms with Gasteiger partial charge in [0.15, 0.2) is 0 Å². The van der Waals surface area contributed by atoms with E-state index in [4.69, 9.17) is 0 Å². The lowest BCUT2D eigenvalue weighted by Crippen LogP contribution is -2.38. The molecule has 0 fully saturated rings. The van der Waals surface area contributed by atoms with Crippen LogP contribution in [0.1, 0.15) is 20.3 Å². The second-order valence-corrected chi connectivity index (χ2v) is 4.35. The van der Waals surface area contributed by atoms with E-state index in [-0.39, 0.29) is 25.0 Å². The number of ether oxygens (including phenoxy) is 1. The van der Waals surface area contributed by atoms with Crippen molar-refractivity contribution in [1.29, 1.82) is 0 Å². The molecule has 16 heavy (non-hydrogen) atoms. The smallest absolute Gasteiger partial charge is 0.261 e. The molecular formula is C10H18BrF2NO2. The van der Waals surface area contributed by atoms with E-state index in [1.165, 1.54) is 0 Å². The summed E-state index contributed by atoms with van der Waals surface area (Å²) in [7, 11) is 0. The molecule has 0 aliphatic heterocycles. The van der Waals surface area contributed by atoms with Gasteiger partial charge in [-0.25, -0.2) is 8.78 Å². The number of hydrogen-bond acceptors (Lipinski definition) is 2. The maximum atomic E-state index is 11.7. The van der Waals surface area contributed by atoms with E-state index in [2.05, 4.69) is 26.0 Å². The van der Waals surface area contributed by atoms with Crippen molar-refractivity contribution < 1.29 is 18.3 Å². The first-order valence-electron chi connectivity index (χ1n) is 5.18. The Morgan fingerprint density at radius 3 is 2.56 bits per heavy atom. The molecule has 2 atom stereocenters. The summed E-state index contributed by atoms with van der Waals surface area (Å²) >= 11 is 3.33. The van der Waals surface area contributed by atoms with Gasteiger partial charge in [-0.15, -0.1) is 0 Å². The highest BCUT2D eigenvalue weighted by Crippen LogP contribution is 2.05. The summed E-state index contributed by atoms with van der Waals surface area (Å²) in [5.74, 6) is 0.153. The van der Waals surface area contributed by atoms with E-state index in [1.54, 1.807) is 0 Å². The Morgan fingerprint density at radius 2 is 2.06 bits per heavy atom. The Kier molecular flexibility index (Phi) is 8.74. The summed E-state index contributed by atoms with van der Waals surface area (Å²) in [5.41, 5.74) is 0. The summed E-state index contributed by atoms with van der Waals surface area (Å²) in [6.45, 7) is 3.34. The lowest BCUT2D eigenvalue weighted by molar-refractivity contribution is -0.123. The fourth-order valence-electron chi connectivity index (χ4n) is 0.939. The average molecular weight is 302 g/mol. The van der Waals surface area contributed by atoms with Gasteiger partial charge < -0.3 is 10.1 Å². The molecule has 6 heteroatoms.